The summed E-state index contributed by atoms with van der Waals surface area (Å²) in [4.78, 5) is 26.3. The highest BCUT2D eigenvalue weighted by Gasteiger charge is 2.39. The zero-order valence-electron chi connectivity index (χ0n) is 10.7. The molecule has 0 saturated heterocycles. The molecule has 0 atom stereocenters. The summed E-state index contributed by atoms with van der Waals surface area (Å²) in [5.41, 5.74) is -0.227. The minimum absolute atomic E-state index is 0.0767. The quantitative estimate of drug-likeness (QED) is 0.746. The predicted molar refractivity (Wildman–Crippen MR) is 66.2 cm³/mol. The van der Waals surface area contributed by atoms with Gasteiger partial charge in [-0.25, -0.2) is 4.98 Å². The van der Waals surface area contributed by atoms with E-state index in [1.807, 2.05) is 0 Å². The van der Waals surface area contributed by atoms with E-state index >= 15 is 0 Å². The third-order valence-electron chi connectivity index (χ3n) is 3.64. The summed E-state index contributed by atoms with van der Waals surface area (Å²) in [6.07, 6.45) is 6.25. The minimum atomic E-state index is -0.795. The highest BCUT2D eigenvalue weighted by atomic mass is 16.4. The fourth-order valence-corrected chi connectivity index (χ4v) is 2.35. The van der Waals surface area contributed by atoms with E-state index in [0.29, 0.717) is 19.5 Å². The van der Waals surface area contributed by atoms with Crippen molar-refractivity contribution in [3.8, 4) is 0 Å². The summed E-state index contributed by atoms with van der Waals surface area (Å²) < 4.78 is 1.59. The molecule has 1 aromatic rings. The van der Waals surface area contributed by atoms with Gasteiger partial charge in [0.25, 0.3) is 0 Å². The van der Waals surface area contributed by atoms with Crippen LogP contribution >= 0.6 is 0 Å². The van der Waals surface area contributed by atoms with Gasteiger partial charge in [-0.15, -0.1) is 0 Å². The number of carbonyl (C=O) groups excluding carboxylic acids is 1. The molecule has 0 aromatic carbocycles. The number of aromatic nitrogens is 3. The Bertz CT molecular complexity index is 440. The summed E-state index contributed by atoms with van der Waals surface area (Å²) in [6, 6.07) is 0. The van der Waals surface area contributed by atoms with Gasteiger partial charge in [0.05, 0.1) is 13.0 Å². The zero-order chi connectivity index (χ0) is 13.7. The fourth-order valence-electron chi connectivity index (χ4n) is 2.35. The summed E-state index contributed by atoms with van der Waals surface area (Å²) in [6.45, 7) is 0.938. The molecular formula is C12H18N4O3. The SMILES string of the molecule is O=C(O)CC1(CNC(=O)CCn2cncn2)CCC1. The van der Waals surface area contributed by atoms with Crippen LogP contribution in [0.3, 0.4) is 0 Å². The van der Waals surface area contributed by atoms with Crippen molar-refractivity contribution in [1.82, 2.24) is 20.1 Å². The van der Waals surface area contributed by atoms with E-state index in [1.54, 1.807) is 11.0 Å². The van der Waals surface area contributed by atoms with Gasteiger partial charge < -0.3 is 10.4 Å². The maximum absolute atomic E-state index is 11.7. The molecular weight excluding hydrogens is 248 g/mol. The molecule has 0 aliphatic heterocycles. The number of nitrogens with zero attached hydrogens (tertiary/aromatic N) is 3. The van der Waals surface area contributed by atoms with E-state index in [2.05, 4.69) is 15.4 Å². The lowest BCUT2D eigenvalue weighted by molar-refractivity contribution is -0.141. The molecule has 0 bridgehead atoms. The average Bonchev–Trinajstić information content (AvgIpc) is 2.82. The monoisotopic (exact) mass is 266 g/mol. The molecule has 0 radical (unpaired) electrons. The van der Waals surface area contributed by atoms with E-state index in [1.165, 1.54) is 6.33 Å². The highest BCUT2D eigenvalue weighted by molar-refractivity contribution is 5.76. The van der Waals surface area contributed by atoms with Crippen LogP contribution in [-0.2, 0) is 16.1 Å². The molecule has 7 heteroatoms. The number of rotatable bonds is 7. The van der Waals surface area contributed by atoms with E-state index in [9.17, 15) is 9.59 Å². The molecule has 19 heavy (non-hydrogen) atoms. The highest BCUT2D eigenvalue weighted by Crippen LogP contribution is 2.43. The van der Waals surface area contributed by atoms with Gasteiger partial charge in [-0.3, -0.25) is 14.3 Å². The van der Waals surface area contributed by atoms with E-state index < -0.39 is 5.97 Å². The standard InChI is InChI=1S/C12H18N4O3/c17-10(2-5-16-9-13-8-15-16)14-7-12(3-1-4-12)6-11(18)19/h8-9H,1-7H2,(H,14,17)(H,18,19). The summed E-state index contributed by atoms with van der Waals surface area (Å²) >= 11 is 0. The second-order valence-corrected chi connectivity index (χ2v) is 5.11. The summed E-state index contributed by atoms with van der Waals surface area (Å²) in [7, 11) is 0. The number of carboxylic acids is 1. The Morgan fingerprint density at radius 3 is 2.74 bits per heavy atom. The average molecular weight is 266 g/mol. The lowest BCUT2D eigenvalue weighted by Gasteiger charge is -2.40. The third-order valence-corrected chi connectivity index (χ3v) is 3.64. The van der Waals surface area contributed by atoms with E-state index in [0.717, 1.165) is 19.3 Å². The largest absolute Gasteiger partial charge is 0.481 e. The minimum Gasteiger partial charge on any atom is -0.481 e. The van der Waals surface area contributed by atoms with Crippen LogP contribution in [0.25, 0.3) is 0 Å². The molecule has 1 fully saturated rings. The molecule has 1 saturated carbocycles. The molecule has 1 amide bonds. The predicted octanol–water partition coefficient (Wildman–Crippen LogP) is 0.429. The molecule has 7 nitrogen and oxygen atoms in total. The number of carboxylic acid groups (broad SMARTS) is 1. The maximum atomic E-state index is 11.7. The van der Waals surface area contributed by atoms with Crippen molar-refractivity contribution < 1.29 is 14.7 Å². The Morgan fingerprint density at radius 1 is 1.42 bits per heavy atom. The van der Waals surface area contributed by atoms with Crippen molar-refractivity contribution in [2.24, 2.45) is 5.41 Å². The van der Waals surface area contributed by atoms with Gasteiger partial charge in [-0.1, -0.05) is 6.42 Å². The lowest BCUT2D eigenvalue weighted by Crippen LogP contribution is -2.43. The molecule has 2 N–H and O–H groups in total. The Kier molecular flexibility index (Phi) is 4.13. The Morgan fingerprint density at radius 2 is 2.21 bits per heavy atom. The summed E-state index contributed by atoms with van der Waals surface area (Å²) in [5.74, 6) is -0.872. The smallest absolute Gasteiger partial charge is 0.303 e. The lowest BCUT2D eigenvalue weighted by atomic mass is 9.66. The molecule has 0 unspecified atom stereocenters. The van der Waals surface area contributed by atoms with Crippen LogP contribution in [0.1, 0.15) is 32.1 Å². The Hall–Kier alpha value is -1.92. The van der Waals surface area contributed by atoms with Crippen molar-refractivity contribution >= 4 is 11.9 Å². The first-order valence-electron chi connectivity index (χ1n) is 6.41. The number of carbonyl (C=O) groups is 2. The van der Waals surface area contributed by atoms with Crippen LogP contribution in [0.4, 0.5) is 0 Å². The van der Waals surface area contributed by atoms with Crippen LogP contribution in [0, 0.1) is 5.41 Å². The van der Waals surface area contributed by atoms with Crippen LogP contribution in [-0.4, -0.2) is 38.3 Å². The Balaban J connectivity index is 1.72. The van der Waals surface area contributed by atoms with Crippen LogP contribution in [0.15, 0.2) is 12.7 Å². The number of hydrogen-bond donors (Lipinski definition) is 2. The van der Waals surface area contributed by atoms with Gasteiger partial charge in [0.1, 0.15) is 12.7 Å². The fraction of sp³-hybridized carbons (Fsp3) is 0.667. The number of aliphatic carboxylic acids is 1. The first-order chi connectivity index (χ1) is 9.10. The molecule has 2 rings (SSSR count). The van der Waals surface area contributed by atoms with Crippen LogP contribution in [0.5, 0.6) is 0 Å². The second-order valence-electron chi connectivity index (χ2n) is 5.11. The van der Waals surface area contributed by atoms with Gasteiger partial charge in [0, 0.05) is 13.0 Å². The number of amides is 1. The van der Waals surface area contributed by atoms with Crippen molar-refractivity contribution in [3.05, 3.63) is 12.7 Å². The number of aryl methyl sites for hydroxylation is 1. The first-order valence-corrected chi connectivity index (χ1v) is 6.41. The van der Waals surface area contributed by atoms with Gasteiger partial charge in [0.2, 0.25) is 5.91 Å². The van der Waals surface area contributed by atoms with Gasteiger partial charge in [0.15, 0.2) is 0 Å². The first kappa shape index (κ1) is 13.5. The molecule has 1 heterocycles. The van der Waals surface area contributed by atoms with Gasteiger partial charge >= 0.3 is 5.97 Å². The number of nitrogens with one attached hydrogen (secondary N) is 1. The van der Waals surface area contributed by atoms with Gasteiger partial charge in [-0.2, -0.15) is 5.10 Å². The second kappa shape index (κ2) is 5.81. The molecule has 1 aliphatic rings. The van der Waals surface area contributed by atoms with E-state index in [-0.39, 0.29) is 17.7 Å². The van der Waals surface area contributed by atoms with Crippen LogP contribution < -0.4 is 5.32 Å². The van der Waals surface area contributed by atoms with Crippen LogP contribution in [0.2, 0.25) is 0 Å². The topological polar surface area (TPSA) is 97.1 Å². The molecule has 104 valence electrons. The Labute approximate surface area is 111 Å². The maximum Gasteiger partial charge on any atom is 0.303 e. The zero-order valence-corrected chi connectivity index (χ0v) is 10.7. The van der Waals surface area contributed by atoms with E-state index in [4.69, 9.17) is 5.11 Å². The van der Waals surface area contributed by atoms with Gasteiger partial charge in [-0.05, 0) is 18.3 Å². The molecule has 1 aromatic heterocycles. The van der Waals surface area contributed by atoms with Crippen molar-refractivity contribution in [2.75, 3.05) is 6.54 Å². The molecule has 0 spiro atoms. The molecule has 1 aliphatic carbocycles. The number of hydrogen-bond acceptors (Lipinski definition) is 4. The third kappa shape index (κ3) is 3.77. The van der Waals surface area contributed by atoms with Crippen molar-refractivity contribution in [1.29, 1.82) is 0 Å². The summed E-state index contributed by atoms with van der Waals surface area (Å²) in [5, 5.41) is 15.6. The van der Waals surface area contributed by atoms with Crippen molar-refractivity contribution in [2.45, 2.75) is 38.6 Å². The normalized spacial score (nSPS) is 16.6. The van der Waals surface area contributed by atoms with Crippen molar-refractivity contribution in [3.63, 3.8) is 0 Å².